The molecule has 0 fully saturated rings. The van der Waals surface area contributed by atoms with Crippen LogP contribution in [0.4, 0.5) is 0 Å². The first-order valence-electron chi connectivity index (χ1n) is 15.5. The van der Waals surface area contributed by atoms with Crippen molar-refractivity contribution in [2.45, 2.75) is 148 Å². The maximum Gasteiger partial charge on any atom is 0.303 e. The van der Waals surface area contributed by atoms with Crippen LogP contribution in [0.25, 0.3) is 0 Å². The summed E-state index contributed by atoms with van der Waals surface area (Å²) in [5.41, 5.74) is 0. The lowest BCUT2D eigenvalue weighted by molar-refractivity contribution is -0.880. The van der Waals surface area contributed by atoms with Crippen molar-refractivity contribution in [2.24, 2.45) is 0 Å². The fourth-order valence-electron chi connectivity index (χ4n) is 5.06. The fourth-order valence-corrected chi connectivity index (χ4v) is 5.06. The van der Waals surface area contributed by atoms with Gasteiger partial charge in [0.05, 0.1) is 25.8 Å². The van der Waals surface area contributed by atoms with E-state index < -0.39 is 17.9 Å². The van der Waals surface area contributed by atoms with Crippen LogP contribution < -0.4 is 5.11 Å². The lowest BCUT2D eigenvalue weighted by Crippen LogP contribution is -2.45. The average Bonchev–Trinajstić information content (AvgIpc) is 2.87. The standard InChI is InChI=1S/C31H57NO6/c1-2-3-4-5-6-7-8-9-10-11-12-13-14-18-25-32(26-19-15-22-29(33)34,27-20-16-23-30(35)36)28-21-17-24-31(37)38/h18,25H,2-17,19-24,26-28H2,1H3,(H2-,33,34,35,36,37,38)/b25-18+. The van der Waals surface area contributed by atoms with Crippen molar-refractivity contribution in [3.8, 4) is 0 Å². The van der Waals surface area contributed by atoms with Crippen LogP contribution >= 0.6 is 0 Å². The minimum Gasteiger partial charge on any atom is -0.550 e. The van der Waals surface area contributed by atoms with Gasteiger partial charge in [-0.15, -0.1) is 0 Å². The van der Waals surface area contributed by atoms with E-state index in [0.717, 1.165) is 51.7 Å². The van der Waals surface area contributed by atoms with Crippen LogP contribution in [0.3, 0.4) is 0 Å². The lowest BCUT2D eigenvalue weighted by atomic mass is 10.0. The molecule has 0 heterocycles. The lowest BCUT2D eigenvalue weighted by Gasteiger charge is -2.35. The molecular formula is C31H57NO6. The minimum absolute atomic E-state index is 0.0423. The van der Waals surface area contributed by atoms with Crippen LogP contribution in [0.5, 0.6) is 0 Å². The van der Waals surface area contributed by atoms with Crippen LogP contribution in [0, 0.1) is 0 Å². The van der Waals surface area contributed by atoms with Gasteiger partial charge in [-0.3, -0.25) is 14.1 Å². The highest BCUT2D eigenvalue weighted by Gasteiger charge is 2.24. The molecule has 0 saturated heterocycles. The Morgan fingerprint density at radius 3 is 1.37 bits per heavy atom. The Kier molecular flexibility index (Phi) is 24.1. The van der Waals surface area contributed by atoms with Gasteiger partial charge in [0.15, 0.2) is 0 Å². The molecule has 222 valence electrons. The van der Waals surface area contributed by atoms with E-state index in [4.69, 9.17) is 10.2 Å². The maximum atomic E-state index is 11.0. The molecule has 7 nitrogen and oxygen atoms in total. The van der Waals surface area contributed by atoms with Gasteiger partial charge in [-0.2, -0.15) is 0 Å². The summed E-state index contributed by atoms with van der Waals surface area (Å²) in [5.74, 6) is -2.62. The number of carbonyl (C=O) groups excluding carboxylic acids is 1. The Balaban J connectivity index is 4.64. The zero-order valence-electron chi connectivity index (χ0n) is 24.3. The second-order valence-corrected chi connectivity index (χ2v) is 11.0. The highest BCUT2D eigenvalue weighted by atomic mass is 16.4. The summed E-state index contributed by atoms with van der Waals surface area (Å²) in [6.45, 7) is 4.62. The second kappa shape index (κ2) is 25.4. The summed E-state index contributed by atoms with van der Waals surface area (Å²) in [7, 11) is 0. The molecule has 0 bridgehead atoms. The van der Waals surface area contributed by atoms with E-state index in [1.807, 2.05) is 0 Å². The van der Waals surface area contributed by atoms with Gasteiger partial charge in [0.2, 0.25) is 0 Å². The summed E-state index contributed by atoms with van der Waals surface area (Å²) in [5, 5.41) is 28.9. The number of carboxylic acids is 3. The number of rotatable bonds is 29. The smallest absolute Gasteiger partial charge is 0.303 e. The molecule has 2 N–H and O–H groups in total. The van der Waals surface area contributed by atoms with Gasteiger partial charge in [0.1, 0.15) is 0 Å². The number of quaternary nitrogens is 1. The predicted octanol–water partition coefficient (Wildman–Crippen LogP) is 6.84. The molecule has 0 spiro atoms. The first-order chi connectivity index (χ1) is 18.3. The molecule has 0 radical (unpaired) electrons. The Morgan fingerprint density at radius 2 is 0.974 bits per heavy atom. The molecule has 0 aliphatic carbocycles. The number of carboxylic acid groups (broad SMARTS) is 3. The summed E-state index contributed by atoms with van der Waals surface area (Å²) >= 11 is 0. The third-order valence-corrected chi connectivity index (χ3v) is 7.37. The van der Waals surface area contributed by atoms with Crippen LogP contribution in [-0.2, 0) is 14.4 Å². The van der Waals surface area contributed by atoms with Crippen molar-refractivity contribution in [1.29, 1.82) is 0 Å². The number of hydrogen-bond acceptors (Lipinski definition) is 4. The maximum absolute atomic E-state index is 11.0. The first-order valence-corrected chi connectivity index (χ1v) is 15.5. The van der Waals surface area contributed by atoms with Gasteiger partial charge in [-0.1, -0.05) is 77.6 Å². The van der Waals surface area contributed by atoms with Gasteiger partial charge >= 0.3 is 11.9 Å². The fraction of sp³-hybridized carbons (Fsp3) is 0.839. The first kappa shape index (κ1) is 36.1. The quantitative estimate of drug-likeness (QED) is 0.0794. The molecular weight excluding hydrogens is 482 g/mol. The van der Waals surface area contributed by atoms with E-state index in [-0.39, 0.29) is 19.3 Å². The zero-order valence-corrected chi connectivity index (χ0v) is 24.3. The number of allylic oxidation sites excluding steroid dienone is 1. The molecule has 0 rings (SSSR count). The van der Waals surface area contributed by atoms with E-state index in [1.165, 1.54) is 70.6 Å². The predicted molar refractivity (Wildman–Crippen MR) is 152 cm³/mol. The van der Waals surface area contributed by atoms with Crippen LogP contribution in [0.2, 0.25) is 0 Å². The van der Waals surface area contributed by atoms with Gasteiger partial charge < -0.3 is 20.1 Å². The number of carbonyl (C=O) groups is 3. The topological polar surface area (TPSA) is 115 Å². The monoisotopic (exact) mass is 539 g/mol. The van der Waals surface area contributed by atoms with Gasteiger partial charge in [-0.25, -0.2) is 0 Å². The van der Waals surface area contributed by atoms with Crippen LogP contribution in [0.1, 0.15) is 148 Å². The molecule has 0 aromatic rings. The summed E-state index contributed by atoms with van der Waals surface area (Å²) < 4.78 is 0.671. The van der Waals surface area contributed by atoms with E-state index in [0.29, 0.717) is 23.7 Å². The highest BCUT2D eigenvalue weighted by molar-refractivity contribution is 5.66. The molecule has 7 heteroatoms. The van der Waals surface area contributed by atoms with Crippen molar-refractivity contribution in [2.75, 3.05) is 19.6 Å². The van der Waals surface area contributed by atoms with E-state index in [1.54, 1.807) is 0 Å². The molecule has 0 amide bonds. The van der Waals surface area contributed by atoms with Crippen LogP contribution in [0.15, 0.2) is 12.3 Å². The Hall–Kier alpha value is -1.89. The number of unbranched alkanes of at least 4 members (excludes halogenated alkanes) is 15. The van der Waals surface area contributed by atoms with Crippen LogP contribution in [-0.4, -0.2) is 52.2 Å². The largest absolute Gasteiger partial charge is 0.550 e. The summed E-state index contributed by atoms with van der Waals surface area (Å²) in [6.07, 6.45) is 25.7. The minimum atomic E-state index is -1.03. The summed E-state index contributed by atoms with van der Waals surface area (Å²) in [6, 6.07) is 0. The van der Waals surface area contributed by atoms with Gasteiger partial charge in [0, 0.05) is 18.8 Å². The van der Waals surface area contributed by atoms with Gasteiger partial charge in [0.25, 0.3) is 0 Å². The van der Waals surface area contributed by atoms with Crippen molar-refractivity contribution >= 4 is 17.9 Å². The Morgan fingerprint density at radius 1 is 0.579 bits per heavy atom. The molecule has 0 aromatic carbocycles. The number of nitrogens with zero attached hydrogens (tertiary/aromatic N) is 1. The van der Waals surface area contributed by atoms with E-state index >= 15 is 0 Å². The molecule has 0 aromatic heterocycles. The third-order valence-electron chi connectivity index (χ3n) is 7.37. The van der Waals surface area contributed by atoms with Crippen molar-refractivity contribution in [1.82, 2.24) is 0 Å². The highest BCUT2D eigenvalue weighted by Crippen LogP contribution is 2.19. The van der Waals surface area contributed by atoms with Gasteiger partial charge in [-0.05, 0) is 63.9 Å². The number of hydrogen-bond donors (Lipinski definition) is 2. The molecule has 0 aliphatic rings. The van der Waals surface area contributed by atoms with E-state index in [2.05, 4.69) is 19.2 Å². The second-order valence-electron chi connectivity index (χ2n) is 11.0. The number of aliphatic carboxylic acids is 3. The SMILES string of the molecule is CCCCCCCCCCCCCC/C=C/[N+](CCCCC(=O)[O-])(CCCCC(=O)O)CCCCC(=O)O. The zero-order chi connectivity index (χ0) is 28.3. The average molecular weight is 540 g/mol. The van der Waals surface area contributed by atoms with Crippen molar-refractivity contribution < 1.29 is 34.2 Å². The Labute approximate surface area is 232 Å². The van der Waals surface area contributed by atoms with Crippen molar-refractivity contribution in [3.05, 3.63) is 12.3 Å². The normalized spacial score (nSPS) is 11.8. The molecule has 0 atom stereocenters. The molecule has 0 saturated carbocycles. The third kappa shape index (κ3) is 24.4. The Bertz CT molecular complexity index is 579. The van der Waals surface area contributed by atoms with Crippen molar-refractivity contribution in [3.63, 3.8) is 0 Å². The molecule has 0 aliphatic heterocycles. The molecule has 0 unspecified atom stereocenters. The van der Waals surface area contributed by atoms with E-state index in [9.17, 15) is 19.5 Å². The summed E-state index contributed by atoms with van der Waals surface area (Å²) in [4.78, 5) is 32.8. The molecule has 38 heavy (non-hydrogen) atoms.